The van der Waals surface area contributed by atoms with Crippen molar-refractivity contribution in [3.63, 3.8) is 0 Å². The van der Waals surface area contributed by atoms with E-state index in [1.807, 2.05) is 39.0 Å². The number of carbonyl (C=O) groups is 3. The summed E-state index contributed by atoms with van der Waals surface area (Å²) in [5.41, 5.74) is 2.64. The van der Waals surface area contributed by atoms with E-state index in [0.29, 0.717) is 6.42 Å². The highest BCUT2D eigenvalue weighted by Gasteiger charge is 2.76. The van der Waals surface area contributed by atoms with Crippen molar-refractivity contribution in [3.8, 4) is 0 Å². The Morgan fingerprint density at radius 3 is 2.55 bits per heavy atom. The molecule has 4 rings (SSSR count). The number of anilines is 1. The molecule has 3 unspecified atom stereocenters. The maximum atomic E-state index is 14.0. The molecule has 3 fully saturated rings. The van der Waals surface area contributed by atoms with Crippen LogP contribution in [-0.2, 0) is 19.1 Å². The van der Waals surface area contributed by atoms with Gasteiger partial charge < -0.3 is 20.1 Å². The molecule has 2 N–H and O–H groups in total. The number of aliphatic hydroxyl groups excluding tert-OH is 1. The van der Waals surface area contributed by atoms with Crippen molar-refractivity contribution in [2.75, 3.05) is 18.5 Å². The summed E-state index contributed by atoms with van der Waals surface area (Å²) in [5.74, 6) is -1.92. The number of hydrogen-bond acceptors (Lipinski definition) is 6. The second kappa shape index (κ2) is 8.95. The van der Waals surface area contributed by atoms with Crippen LogP contribution in [0.1, 0.15) is 44.7 Å². The number of nitrogens with one attached hydrogen (secondary N) is 1. The van der Waals surface area contributed by atoms with Crippen LogP contribution in [0.5, 0.6) is 0 Å². The third-order valence-electron chi connectivity index (χ3n) is 7.80. The van der Waals surface area contributed by atoms with Crippen LogP contribution in [0.2, 0.25) is 0 Å². The van der Waals surface area contributed by atoms with Crippen molar-refractivity contribution in [1.82, 2.24) is 4.90 Å². The van der Waals surface area contributed by atoms with E-state index in [1.165, 1.54) is 0 Å². The van der Waals surface area contributed by atoms with Gasteiger partial charge in [-0.3, -0.25) is 14.4 Å². The molecular weight excluding hydrogens is 440 g/mol. The zero-order valence-electron chi connectivity index (χ0n) is 20.0. The SMILES string of the molecule is CCOC(=O)[C@@H]1[C@H]2C(=O)N([C@@H](CC)CO)C(C(=O)Nc3c(C)cccc3C)C23S[C@@H]1CC3C. The molecule has 0 aliphatic carbocycles. The van der Waals surface area contributed by atoms with Gasteiger partial charge >= 0.3 is 5.97 Å². The smallest absolute Gasteiger partial charge is 0.310 e. The van der Waals surface area contributed by atoms with E-state index >= 15 is 0 Å². The Balaban J connectivity index is 1.80. The molecule has 0 saturated carbocycles. The minimum atomic E-state index is -0.768. The first-order valence-electron chi connectivity index (χ1n) is 11.9. The van der Waals surface area contributed by atoms with Crippen LogP contribution in [-0.4, -0.2) is 63.1 Å². The number of aryl methyl sites for hydroxylation is 2. The Morgan fingerprint density at radius 2 is 1.97 bits per heavy atom. The summed E-state index contributed by atoms with van der Waals surface area (Å²) in [6.07, 6.45) is 1.28. The summed E-state index contributed by atoms with van der Waals surface area (Å²) in [6, 6.07) is 4.58. The lowest BCUT2D eigenvalue weighted by Gasteiger charge is -2.40. The van der Waals surface area contributed by atoms with Crippen molar-refractivity contribution in [1.29, 1.82) is 0 Å². The molecule has 3 heterocycles. The number of fused-ring (bicyclic) bond motifs is 1. The molecule has 3 saturated heterocycles. The Bertz CT molecular complexity index is 944. The predicted octanol–water partition coefficient (Wildman–Crippen LogP) is 2.91. The number of aliphatic hydroxyl groups is 1. The Labute approximate surface area is 199 Å². The fourth-order valence-electron chi connectivity index (χ4n) is 6.28. The van der Waals surface area contributed by atoms with Crippen molar-refractivity contribution >= 4 is 35.2 Å². The van der Waals surface area contributed by atoms with Crippen LogP contribution in [0.4, 0.5) is 5.69 Å². The first-order valence-corrected chi connectivity index (χ1v) is 12.7. The summed E-state index contributed by atoms with van der Waals surface area (Å²) in [7, 11) is 0. The van der Waals surface area contributed by atoms with Crippen molar-refractivity contribution < 1.29 is 24.2 Å². The number of carbonyl (C=O) groups excluding carboxylic acids is 3. The zero-order valence-corrected chi connectivity index (χ0v) is 20.8. The highest BCUT2D eigenvalue weighted by molar-refractivity contribution is 8.02. The van der Waals surface area contributed by atoms with Gasteiger partial charge in [0.25, 0.3) is 0 Å². The van der Waals surface area contributed by atoms with Crippen molar-refractivity contribution in [3.05, 3.63) is 29.3 Å². The number of para-hydroxylation sites is 1. The average Bonchev–Trinajstić information content (AvgIpc) is 3.36. The number of benzene rings is 1. The summed E-state index contributed by atoms with van der Waals surface area (Å²) < 4.78 is 4.65. The average molecular weight is 475 g/mol. The molecule has 0 aromatic heterocycles. The molecular formula is C25H34N2O5S. The lowest BCUT2D eigenvalue weighted by Crippen LogP contribution is -2.57. The Hall–Kier alpha value is -2.06. The molecule has 180 valence electrons. The number of thioether (sulfide) groups is 1. The number of rotatable bonds is 7. The van der Waals surface area contributed by atoms with Crippen LogP contribution in [0.25, 0.3) is 0 Å². The Kier molecular flexibility index (Phi) is 6.53. The van der Waals surface area contributed by atoms with E-state index < -0.39 is 28.7 Å². The molecule has 2 amide bonds. The quantitative estimate of drug-likeness (QED) is 0.590. The molecule has 7 nitrogen and oxygen atoms in total. The molecule has 1 spiro atoms. The molecule has 8 heteroatoms. The highest BCUT2D eigenvalue weighted by atomic mass is 32.2. The summed E-state index contributed by atoms with van der Waals surface area (Å²) in [5, 5.41) is 13.2. The van der Waals surface area contributed by atoms with Crippen molar-refractivity contribution in [2.24, 2.45) is 17.8 Å². The monoisotopic (exact) mass is 474 g/mol. The number of nitrogens with zero attached hydrogens (tertiary/aromatic N) is 1. The number of hydrogen-bond donors (Lipinski definition) is 2. The predicted molar refractivity (Wildman–Crippen MR) is 128 cm³/mol. The van der Waals surface area contributed by atoms with Gasteiger partial charge in [0.2, 0.25) is 11.8 Å². The normalized spacial score (nSPS) is 33.2. The number of likely N-dealkylation sites (tertiary alicyclic amines) is 1. The standard InChI is InChI=1S/C25H34N2O5S/c1-6-16(12-28)27-21(22(29)26-20-13(3)9-8-10-14(20)4)25-15(5)11-17(33-25)18(19(25)23(27)30)24(31)32-7-2/h8-10,15-19,21,28H,6-7,11-12H2,1-5H3,(H,26,29)/t15?,16-,17+,18-,19-,21?,25?/m0/s1. The van der Waals surface area contributed by atoms with Gasteiger partial charge in [0, 0.05) is 10.9 Å². The van der Waals surface area contributed by atoms with Gasteiger partial charge in [0.05, 0.1) is 35.8 Å². The van der Waals surface area contributed by atoms with Gasteiger partial charge in [-0.1, -0.05) is 32.0 Å². The van der Waals surface area contributed by atoms with Crippen molar-refractivity contribution in [2.45, 2.75) is 69.5 Å². The molecule has 3 aliphatic rings. The van der Waals surface area contributed by atoms with E-state index in [9.17, 15) is 19.5 Å². The molecule has 0 radical (unpaired) electrons. The topological polar surface area (TPSA) is 95.9 Å². The van der Waals surface area contributed by atoms with Crippen LogP contribution < -0.4 is 5.32 Å². The van der Waals surface area contributed by atoms with Gasteiger partial charge in [-0.05, 0) is 50.7 Å². The third-order valence-corrected chi connectivity index (χ3v) is 9.87. The van der Waals surface area contributed by atoms with Gasteiger partial charge in [-0.15, -0.1) is 11.8 Å². The van der Waals surface area contributed by atoms with Crippen LogP contribution in [0.15, 0.2) is 18.2 Å². The summed E-state index contributed by atoms with van der Waals surface area (Å²) >= 11 is 1.62. The molecule has 7 atom stereocenters. The lowest BCUT2D eigenvalue weighted by atomic mass is 9.66. The second-order valence-electron chi connectivity index (χ2n) is 9.55. The van der Waals surface area contributed by atoms with Crippen LogP contribution in [0, 0.1) is 31.6 Å². The first kappa shape index (κ1) is 24.1. The van der Waals surface area contributed by atoms with E-state index in [0.717, 1.165) is 23.2 Å². The van der Waals surface area contributed by atoms with E-state index in [1.54, 1.807) is 23.6 Å². The summed E-state index contributed by atoms with van der Waals surface area (Å²) in [6.45, 7) is 9.65. The van der Waals surface area contributed by atoms with Gasteiger partial charge in [-0.25, -0.2) is 0 Å². The maximum Gasteiger partial charge on any atom is 0.310 e. The van der Waals surface area contributed by atoms with E-state index in [2.05, 4.69) is 12.2 Å². The van der Waals surface area contributed by atoms with Gasteiger partial charge in [-0.2, -0.15) is 0 Å². The minimum absolute atomic E-state index is 0.0418. The minimum Gasteiger partial charge on any atom is -0.466 e. The first-order chi connectivity index (χ1) is 15.7. The molecule has 2 bridgehead atoms. The van der Waals surface area contributed by atoms with E-state index in [-0.39, 0.29) is 42.2 Å². The molecule has 33 heavy (non-hydrogen) atoms. The molecule has 3 aliphatic heterocycles. The van der Waals surface area contributed by atoms with Crippen LogP contribution >= 0.6 is 11.8 Å². The number of amides is 2. The summed E-state index contributed by atoms with van der Waals surface area (Å²) in [4.78, 5) is 42.4. The maximum absolute atomic E-state index is 14.0. The number of ether oxygens (including phenoxy) is 1. The molecule has 1 aromatic rings. The van der Waals surface area contributed by atoms with E-state index in [4.69, 9.17) is 4.74 Å². The van der Waals surface area contributed by atoms with Gasteiger partial charge in [0.1, 0.15) is 6.04 Å². The van der Waals surface area contributed by atoms with Gasteiger partial charge in [0.15, 0.2) is 0 Å². The number of esters is 1. The third kappa shape index (κ3) is 3.48. The fraction of sp³-hybridized carbons (Fsp3) is 0.640. The highest BCUT2D eigenvalue weighted by Crippen LogP contribution is 2.69. The fourth-order valence-corrected chi connectivity index (χ4v) is 8.67. The largest absolute Gasteiger partial charge is 0.466 e. The van der Waals surface area contributed by atoms with Crippen LogP contribution in [0.3, 0.4) is 0 Å². The molecule has 1 aromatic carbocycles. The lowest BCUT2D eigenvalue weighted by molar-refractivity contribution is -0.154. The zero-order chi connectivity index (χ0) is 24.1. The second-order valence-corrected chi connectivity index (χ2v) is 11.1. The Morgan fingerprint density at radius 1 is 1.30 bits per heavy atom.